The van der Waals surface area contributed by atoms with Crippen LogP contribution in [-0.4, -0.2) is 49.0 Å². The van der Waals surface area contributed by atoms with Crippen LogP contribution in [-0.2, 0) is 10.3 Å². The lowest BCUT2D eigenvalue weighted by Gasteiger charge is -2.33. The first kappa shape index (κ1) is 24.4. The molecular formula is C26H30N8O3. The molecule has 11 nitrogen and oxygen atoms in total. The second-order valence-electron chi connectivity index (χ2n) is 9.47. The molecule has 3 aromatic heterocycles. The normalized spacial score (nSPS) is 19.6. The number of furan rings is 1. The summed E-state index contributed by atoms with van der Waals surface area (Å²) in [7, 11) is 0. The van der Waals surface area contributed by atoms with E-state index in [0.29, 0.717) is 35.6 Å². The van der Waals surface area contributed by atoms with E-state index in [1.165, 1.54) is 10.8 Å². The quantitative estimate of drug-likeness (QED) is 0.190. The number of nitrogen functional groups attached to an aromatic ring is 1. The molecule has 1 aliphatic carbocycles. The minimum absolute atomic E-state index is 0.0435. The summed E-state index contributed by atoms with van der Waals surface area (Å²) < 4.78 is 6.76. The summed E-state index contributed by atoms with van der Waals surface area (Å²) in [5, 5.41) is 29.0. The number of aromatic nitrogens is 4. The van der Waals surface area contributed by atoms with E-state index in [0.717, 1.165) is 31.0 Å². The Kier molecular flexibility index (Phi) is 6.62. The van der Waals surface area contributed by atoms with E-state index in [1.54, 1.807) is 19.1 Å². The summed E-state index contributed by atoms with van der Waals surface area (Å²) in [5.74, 6) is 0.792. The lowest BCUT2D eigenvalue weighted by molar-refractivity contribution is -0.126. The number of rotatable bonds is 7. The first-order chi connectivity index (χ1) is 17.9. The van der Waals surface area contributed by atoms with Crippen molar-refractivity contribution in [1.29, 1.82) is 5.41 Å². The number of benzene rings is 1. The third-order valence-corrected chi connectivity index (χ3v) is 6.88. The fraction of sp³-hybridized carbons (Fsp3) is 0.346. The highest BCUT2D eigenvalue weighted by Gasteiger charge is 2.38. The first-order valence-electron chi connectivity index (χ1n) is 12.3. The van der Waals surface area contributed by atoms with Crippen LogP contribution >= 0.6 is 0 Å². The summed E-state index contributed by atoms with van der Waals surface area (Å²) in [6.07, 6.45) is 6.04. The zero-order valence-corrected chi connectivity index (χ0v) is 20.5. The fourth-order valence-corrected chi connectivity index (χ4v) is 4.74. The van der Waals surface area contributed by atoms with Gasteiger partial charge in [-0.2, -0.15) is 9.50 Å². The number of carbonyl (C=O) groups is 1. The van der Waals surface area contributed by atoms with Crippen molar-refractivity contribution in [1.82, 2.24) is 24.9 Å². The number of hydrogen-bond donors (Lipinski definition) is 5. The Hall–Kier alpha value is -4.25. The van der Waals surface area contributed by atoms with Gasteiger partial charge in [0.05, 0.1) is 17.9 Å². The van der Waals surface area contributed by atoms with Gasteiger partial charge in [0.1, 0.15) is 11.4 Å². The molecule has 0 aliphatic heterocycles. The van der Waals surface area contributed by atoms with Crippen LogP contribution in [0, 0.1) is 5.41 Å². The van der Waals surface area contributed by atoms with E-state index in [-0.39, 0.29) is 29.8 Å². The van der Waals surface area contributed by atoms with Crippen LogP contribution in [0.3, 0.4) is 0 Å². The zero-order valence-electron chi connectivity index (χ0n) is 20.5. The average Bonchev–Trinajstić information content (AvgIpc) is 3.54. The molecule has 3 heterocycles. The first-order valence-corrected chi connectivity index (χ1v) is 12.3. The van der Waals surface area contributed by atoms with E-state index in [2.05, 4.69) is 25.7 Å². The smallest absolute Gasteiger partial charge is 0.250 e. The van der Waals surface area contributed by atoms with E-state index < -0.39 is 5.54 Å². The molecule has 3 unspecified atom stereocenters. The molecule has 37 heavy (non-hydrogen) atoms. The maximum Gasteiger partial charge on any atom is 0.250 e. The molecule has 0 radical (unpaired) electrons. The average molecular weight is 503 g/mol. The zero-order chi connectivity index (χ0) is 26.0. The highest BCUT2D eigenvalue weighted by Crippen LogP contribution is 2.31. The number of fused-ring (bicyclic) bond motifs is 1. The van der Waals surface area contributed by atoms with Crippen molar-refractivity contribution in [3.8, 4) is 11.6 Å². The van der Waals surface area contributed by atoms with Gasteiger partial charge in [0, 0.05) is 12.3 Å². The Labute approximate surface area is 213 Å². The van der Waals surface area contributed by atoms with E-state index in [9.17, 15) is 9.90 Å². The van der Waals surface area contributed by atoms with Crippen molar-refractivity contribution in [3.63, 3.8) is 0 Å². The van der Waals surface area contributed by atoms with Gasteiger partial charge in [-0.25, -0.2) is 4.98 Å². The Morgan fingerprint density at radius 1 is 1.19 bits per heavy atom. The van der Waals surface area contributed by atoms with Crippen molar-refractivity contribution in [2.24, 2.45) is 0 Å². The van der Waals surface area contributed by atoms with Gasteiger partial charge in [0.15, 0.2) is 11.4 Å². The Morgan fingerprint density at radius 2 is 2.00 bits per heavy atom. The molecule has 1 aromatic carbocycles. The largest absolute Gasteiger partial charge is 0.461 e. The van der Waals surface area contributed by atoms with Crippen LogP contribution in [0.15, 0.2) is 53.1 Å². The van der Waals surface area contributed by atoms with E-state index >= 15 is 0 Å². The highest BCUT2D eigenvalue weighted by atomic mass is 16.3. The third-order valence-electron chi connectivity index (χ3n) is 6.88. The number of nitrogens with one attached hydrogen (secondary N) is 3. The van der Waals surface area contributed by atoms with Gasteiger partial charge in [-0.15, -0.1) is 5.10 Å². The topological polar surface area (TPSA) is 167 Å². The molecule has 11 heteroatoms. The molecule has 0 saturated heterocycles. The summed E-state index contributed by atoms with van der Waals surface area (Å²) in [4.78, 5) is 22.8. The van der Waals surface area contributed by atoms with Crippen LogP contribution < -0.4 is 16.4 Å². The molecule has 6 N–H and O–H groups in total. The van der Waals surface area contributed by atoms with Crippen molar-refractivity contribution < 1.29 is 14.3 Å². The van der Waals surface area contributed by atoms with Gasteiger partial charge >= 0.3 is 0 Å². The molecule has 1 amide bonds. The number of anilines is 2. The molecule has 1 saturated carbocycles. The van der Waals surface area contributed by atoms with Crippen LogP contribution in [0.4, 0.5) is 11.8 Å². The van der Waals surface area contributed by atoms with Gasteiger partial charge in [-0.3, -0.25) is 4.79 Å². The van der Waals surface area contributed by atoms with Crippen LogP contribution in [0.25, 0.3) is 17.2 Å². The lowest BCUT2D eigenvalue weighted by atomic mass is 9.90. The second-order valence-corrected chi connectivity index (χ2v) is 9.47. The van der Waals surface area contributed by atoms with Gasteiger partial charge in [-0.1, -0.05) is 30.3 Å². The molecule has 4 aromatic rings. The van der Waals surface area contributed by atoms with E-state index in [4.69, 9.17) is 15.6 Å². The number of aliphatic hydroxyl groups is 1. The van der Waals surface area contributed by atoms with Gasteiger partial charge in [-0.05, 0) is 56.7 Å². The van der Waals surface area contributed by atoms with Crippen LogP contribution in [0.2, 0.25) is 0 Å². The number of amides is 1. The molecule has 192 valence electrons. The van der Waals surface area contributed by atoms with Gasteiger partial charge < -0.3 is 31.3 Å². The van der Waals surface area contributed by atoms with Gasteiger partial charge in [0.2, 0.25) is 17.7 Å². The minimum Gasteiger partial charge on any atom is -0.461 e. The van der Waals surface area contributed by atoms with Crippen molar-refractivity contribution in [2.75, 3.05) is 11.1 Å². The summed E-state index contributed by atoms with van der Waals surface area (Å²) >= 11 is 0. The Balaban J connectivity index is 1.54. The molecule has 3 atom stereocenters. The molecule has 1 aliphatic rings. The SMILES string of the molecule is CC(Nc1nc(N)n2nc(-c3ccco3)nc2c1C=N)(C(=O)NC1CCCC(O)CC1)c1ccccc1. The number of nitrogens with two attached hydrogens (primary N) is 1. The Morgan fingerprint density at radius 3 is 2.73 bits per heavy atom. The summed E-state index contributed by atoms with van der Waals surface area (Å²) in [6.45, 7) is 1.77. The summed E-state index contributed by atoms with van der Waals surface area (Å²) in [5.41, 5.74) is 6.35. The Bertz CT molecular complexity index is 1400. The van der Waals surface area contributed by atoms with Crippen molar-refractivity contribution in [2.45, 2.75) is 56.7 Å². The van der Waals surface area contributed by atoms with Crippen molar-refractivity contribution in [3.05, 3.63) is 59.9 Å². The van der Waals surface area contributed by atoms with Gasteiger partial charge in [0.25, 0.3) is 0 Å². The minimum atomic E-state index is -1.24. The predicted molar refractivity (Wildman–Crippen MR) is 139 cm³/mol. The molecule has 0 bridgehead atoms. The maximum absolute atomic E-state index is 13.8. The van der Waals surface area contributed by atoms with Crippen LogP contribution in [0.5, 0.6) is 0 Å². The molecular weight excluding hydrogens is 472 g/mol. The lowest BCUT2D eigenvalue weighted by Crippen LogP contribution is -2.51. The maximum atomic E-state index is 13.8. The number of nitrogens with zero attached hydrogens (tertiary/aromatic N) is 4. The molecule has 0 spiro atoms. The predicted octanol–water partition coefficient (Wildman–Crippen LogP) is 3.10. The molecule has 1 fully saturated rings. The van der Waals surface area contributed by atoms with Crippen LogP contribution in [0.1, 0.15) is 50.2 Å². The highest BCUT2D eigenvalue weighted by molar-refractivity contribution is 5.96. The van der Waals surface area contributed by atoms with Crippen molar-refractivity contribution >= 4 is 29.5 Å². The standard InChI is InChI=1S/C26H30N8O3/c1-26(16-7-3-2-4-8-16,24(36)29-17-9-5-10-18(35)13-12-17)32-21-19(15-27)23-30-22(20-11-6-14-37-20)33-34(23)25(28)31-21/h2-4,6-8,11,14-15,17-18,27,32,35H,5,9-10,12-13H2,1H3,(H2,28,31)(H,29,36). The van der Waals surface area contributed by atoms with E-state index in [1.807, 2.05) is 30.3 Å². The number of aliphatic hydroxyl groups excluding tert-OH is 1. The summed E-state index contributed by atoms with van der Waals surface area (Å²) in [6, 6.07) is 12.7. The molecule has 5 rings (SSSR count). The monoisotopic (exact) mass is 502 g/mol. The number of carbonyl (C=O) groups excluding carboxylic acids is 1. The number of hydrogen-bond acceptors (Lipinski definition) is 9. The fourth-order valence-electron chi connectivity index (χ4n) is 4.74. The second kappa shape index (κ2) is 10.0. The third kappa shape index (κ3) is 4.77.